The molecule has 142 valence electrons. The molecule has 28 heavy (non-hydrogen) atoms. The Kier molecular flexibility index (Phi) is 7.08. The molecule has 1 aromatic carbocycles. The number of nitriles is 1. The summed E-state index contributed by atoms with van der Waals surface area (Å²) in [6, 6.07) is 11.2. The first-order chi connectivity index (χ1) is 12.7. The van der Waals surface area contributed by atoms with Gasteiger partial charge in [0.25, 0.3) is 0 Å². The summed E-state index contributed by atoms with van der Waals surface area (Å²) >= 11 is 1.25. The molecule has 7 nitrogen and oxygen atoms in total. The molecule has 0 aromatic heterocycles. The smallest absolute Gasteiger partial charge is 0.748 e. The molecule has 1 aliphatic heterocycles. The molecule has 2 N–H and O–H groups in total. The van der Waals surface area contributed by atoms with E-state index in [2.05, 4.69) is 6.07 Å². The molecule has 0 saturated heterocycles. The summed E-state index contributed by atoms with van der Waals surface area (Å²) in [6.07, 6.45) is 1.77. The quantitative estimate of drug-likeness (QED) is 0.481. The zero-order valence-electron chi connectivity index (χ0n) is 15.5. The summed E-state index contributed by atoms with van der Waals surface area (Å²) in [5.74, 6) is -0.332. The summed E-state index contributed by atoms with van der Waals surface area (Å²) in [4.78, 5) is 1.74. The fraction of sp³-hybridized carbons (Fsp3) is 0.333. The molecule has 1 aromatic rings. The van der Waals surface area contributed by atoms with E-state index in [4.69, 9.17) is 5.41 Å². The van der Waals surface area contributed by atoms with Gasteiger partial charge in [-0.25, -0.2) is 8.42 Å². The largest absolute Gasteiger partial charge is 1.00 e. The van der Waals surface area contributed by atoms with Gasteiger partial charge < -0.3 is 14.6 Å². The Labute approximate surface area is 190 Å². The van der Waals surface area contributed by atoms with Crippen LogP contribution >= 0.6 is 11.8 Å². The second-order valence-electron chi connectivity index (χ2n) is 6.53. The van der Waals surface area contributed by atoms with E-state index in [9.17, 15) is 23.3 Å². The van der Waals surface area contributed by atoms with Crippen LogP contribution in [0.3, 0.4) is 0 Å². The number of anilines is 1. The number of aliphatic hydroxyl groups excluding tert-OH is 1. The van der Waals surface area contributed by atoms with Crippen molar-refractivity contribution in [2.75, 3.05) is 16.4 Å². The molecule has 2 atom stereocenters. The number of hydrogen-bond acceptors (Lipinski definition) is 7. The Balaban J connectivity index is 0.00000280. The number of hydrogen-bond donors (Lipinski definition) is 2. The number of fused-ring (bicyclic) bond motifs is 1. The first-order valence-electron chi connectivity index (χ1n) is 8.22. The van der Waals surface area contributed by atoms with E-state index in [1.165, 1.54) is 17.8 Å². The first kappa shape index (κ1) is 23.0. The zero-order valence-corrected chi connectivity index (χ0v) is 19.2. The fourth-order valence-electron chi connectivity index (χ4n) is 3.60. The van der Waals surface area contributed by atoms with Gasteiger partial charge in [-0.05, 0) is 25.1 Å². The monoisotopic (exact) mass is 427 g/mol. The summed E-state index contributed by atoms with van der Waals surface area (Å²) in [6.45, 7) is 1.88. The van der Waals surface area contributed by atoms with E-state index in [1.54, 1.807) is 4.90 Å². The van der Waals surface area contributed by atoms with E-state index in [-0.39, 0.29) is 64.1 Å². The molecule has 0 bridgehead atoms. The second-order valence-corrected chi connectivity index (χ2v) is 9.36. The van der Waals surface area contributed by atoms with E-state index in [0.29, 0.717) is 5.57 Å². The van der Waals surface area contributed by atoms with Gasteiger partial charge in [0.1, 0.15) is 17.5 Å². The molecule has 0 radical (unpaired) electrons. The van der Waals surface area contributed by atoms with Crippen LogP contribution in [0.2, 0.25) is 0 Å². The summed E-state index contributed by atoms with van der Waals surface area (Å²) < 4.78 is 32.9. The van der Waals surface area contributed by atoms with Crippen LogP contribution in [0, 0.1) is 16.7 Å². The second kappa shape index (κ2) is 8.61. The molecular formula is C18H18N3NaO4S2. The Morgan fingerprint density at radius 2 is 2.07 bits per heavy atom. The molecule has 0 saturated carbocycles. The summed E-state index contributed by atoms with van der Waals surface area (Å²) in [7, 11) is -4.34. The predicted molar refractivity (Wildman–Crippen MR) is 104 cm³/mol. The zero-order chi connectivity index (χ0) is 19.8. The number of para-hydroxylation sites is 1. The van der Waals surface area contributed by atoms with E-state index < -0.39 is 21.4 Å². The van der Waals surface area contributed by atoms with Gasteiger partial charge in [0, 0.05) is 34.4 Å². The maximum absolute atomic E-state index is 11.0. The number of amidine groups is 1. The minimum Gasteiger partial charge on any atom is -0.748 e. The summed E-state index contributed by atoms with van der Waals surface area (Å²) in [5, 5.41) is 28.0. The molecule has 0 amide bonds. The van der Waals surface area contributed by atoms with Crippen molar-refractivity contribution in [2.24, 2.45) is 0 Å². The Bertz CT molecular complexity index is 986. The molecule has 1 aliphatic carbocycles. The van der Waals surface area contributed by atoms with E-state index in [1.807, 2.05) is 37.3 Å². The van der Waals surface area contributed by atoms with Crippen molar-refractivity contribution in [3.05, 3.63) is 53.3 Å². The van der Waals surface area contributed by atoms with Crippen molar-refractivity contribution in [1.29, 1.82) is 10.7 Å². The molecule has 3 rings (SSSR count). The van der Waals surface area contributed by atoms with Gasteiger partial charge in [0.05, 0.1) is 21.4 Å². The van der Waals surface area contributed by atoms with Crippen molar-refractivity contribution in [3.8, 4) is 6.07 Å². The van der Waals surface area contributed by atoms with Gasteiger partial charge in [-0.15, -0.1) is 0 Å². The Morgan fingerprint density at radius 1 is 1.43 bits per heavy atom. The summed E-state index contributed by atoms with van der Waals surface area (Å²) in [5.41, 5.74) is 0.608. The molecule has 10 heteroatoms. The van der Waals surface area contributed by atoms with Crippen LogP contribution in [-0.4, -0.2) is 46.2 Å². The normalized spacial score (nSPS) is 24.3. The third-order valence-electron chi connectivity index (χ3n) is 4.85. The molecule has 0 fully saturated rings. The van der Waals surface area contributed by atoms with Crippen LogP contribution in [-0.2, 0) is 10.1 Å². The van der Waals surface area contributed by atoms with Crippen molar-refractivity contribution >= 4 is 33.4 Å². The van der Waals surface area contributed by atoms with Gasteiger partial charge in [-0.2, -0.15) is 17.0 Å². The topological polar surface area (TPSA) is 128 Å². The standard InChI is InChI=1S/C18H19N3O4S2.Na/c1-18-15(9-13(22)10-16(18)26-7-8-27(23,24)25)14(11-19)17(20)21(18)12-5-3-2-4-6-12;/h2-6,9,16,20,22H,7-8,10H2,1H3,(H,23,24,25);/q;+1/p-1/t16-,18+;/m1./s1. The third kappa shape index (κ3) is 4.17. The molecular weight excluding hydrogens is 409 g/mol. The van der Waals surface area contributed by atoms with Crippen LogP contribution in [0.5, 0.6) is 0 Å². The van der Waals surface area contributed by atoms with Gasteiger partial charge in [-0.3, -0.25) is 5.41 Å². The van der Waals surface area contributed by atoms with Crippen molar-refractivity contribution in [1.82, 2.24) is 0 Å². The van der Waals surface area contributed by atoms with Crippen LogP contribution in [0.25, 0.3) is 0 Å². The molecule has 0 spiro atoms. The molecule has 1 heterocycles. The Hall–Kier alpha value is -1.28. The number of benzene rings is 1. The van der Waals surface area contributed by atoms with E-state index in [0.717, 1.165) is 5.69 Å². The predicted octanol–water partition coefficient (Wildman–Crippen LogP) is -0.441. The molecule has 2 aliphatic rings. The van der Waals surface area contributed by atoms with Gasteiger partial charge in [0.2, 0.25) is 0 Å². The van der Waals surface area contributed by atoms with Gasteiger partial charge in [0.15, 0.2) is 0 Å². The number of thioether (sulfide) groups is 1. The van der Waals surface area contributed by atoms with Crippen LogP contribution in [0.4, 0.5) is 5.69 Å². The van der Waals surface area contributed by atoms with Crippen LogP contribution in [0.1, 0.15) is 13.3 Å². The van der Waals surface area contributed by atoms with E-state index >= 15 is 0 Å². The van der Waals surface area contributed by atoms with Gasteiger partial charge >= 0.3 is 29.6 Å². The SMILES string of the molecule is C[C@@]12C(=C(C#N)C(=N)N1c1ccccc1)C=C(O)C[C@H]2SCCS(=O)(=O)[O-].[Na+]. The maximum Gasteiger partial charge on any atom is 1.00 e. The maximum atomic E-state index is 11.0. The number of nitrogens with one attached hydrogen (secondary N) is 1. The average molecular weight is 427 g/mol. The first-order valence-corrected chi connectivity index (χ1v) is 10.8. The average Bonchev–Trinajstić information content (AvgIpc) is 2.81. The van der Waals surface area contributed by atoms with Crippen LogP contribution < -0.4 is 34.5 Å². The van der Waals surface area contributed by atoms with Gasteiger partial charge in [-0.1, -0.05) is 18.2 Å². The fourth-order valence-corrected chi connectivity index (χ4v) is 5.93. The van der Waals surface area contributed by atoms with Crippen molar-refractivity contribution in [3.63, 3.8) is 0 Å². The number of nitrogens with zero attached hydrogens (tertiary/aromatic N) is 2. The number of aliphatic hydroxyl groups is 1. The van der Waals surface area contributed by atoms with Crippen LogP contribution in [0.15, 0.2) is 53.3 Å². The van der Waals surface area contributed by atoms with Crippen molar-refractivity contribution < 1.29 is 47.6 Å². The number of allylic oxidation sites excluding steroid dienone is 1. The Morgan fingerprint density at radius 3 is 2.64 bits per heavy atom. The minimum absolute atomic E-state index is 0. The number of rotatable bonds is 5. The molecule has 0 unspecified atom stereocenters. The third-order valence-corrected chi connectivity index (χ3v) is 7.28. The minimum atomic E-state index is -4.34. The van der Waals surface area contributed by atoms with Crippen molar-refractivity contribution in [2.45, 2.75) is 24.1 Å².